The van der Waals surface area contributed by atoms with Gasteiger partial charge in [0.1, 0.15) is 0 Å². The Morgan fingerprint density at radius 1 is 1.16 bits per heavy atom. The van der Waals surface area contributed by atoms with Gasteiger partial charge < -0.3 is 10.6 Å². The zero-order chi connectivity index (χ0) is 14.3. The lowest BCUT2D eigenvalue weighted by Gasteiger charge is -2.17. The Labute approximate surface area is 116 Å². The zero-order valence-corrected chi connectivity index (χ0v) is 12.5. The molecule has 1 aromatic rings. The fourth-order valence-corrected chi connectivity index (χ4v) is 2.12. The lowest BCUT2D eigenvalue weighted by atomic mass is 10.0. The van der Waals surface area contributed by atoms with E-state index in [0.29, 0.717) is 6.42 Å². The molecule has 0 saturated carbocycles. The van der Waals surface area contributed by atoms with Crippen molar-refractivity contribution < 1.29 is 4.79 Å². The Bertz CT molecular complexity index is 386. The van der Waals surface area contributed by atoms with Gasteiger partial charge >= 0.3 is 0 Å². The molecule has 1 rings (SSSR count). The Morgan fingerprint density at radius 3 is 2.32 bits per heavy atom. The minimum absolute atomic E-state index is 0.0623. The van der Waals surface area contributed by atoms with E-state index in [2.05, 4.69) is 41.8 Å². The summed E-state index contributed by atoms with van der Waals surface area (Å²) in [6.45, 7) is 9.14. The van der Waals surface area contributed by atoms with Gasteiger partial charge in [0.2, 0.25) is 5.91 Å². The summed E-state index contributed by atoms with van der Waals surface area (Å²) in [6.07, 6.45) is 1.56. The number of hydrogen-bond acceptors (Lipinski definition) is 2. The summed E-state index contributed by atoms with van der Waals surface area (Å²) in [4.78, 5) is 11.9. The van der Waals surface area contributed by atoms with Crippen LogP contribution < -0.4 is 10.6 Å². The molecule has 0 aliphatic carbocycles. The first-order chi connectivity index (χ1) is 9.06. The second-order valence-electron chi connectivity index (χ2n) is 5.05. The highest BCUT2D eigenvalue weighted by Gasteiger charge is 2.12. The number of aryl methyl sites for hydroxylation is 1. The SMILES string of the molecule is CCNC(C)CC(=O)NC(C)c1ccc(CC)cc1. The van der Waals surface area contributed by atoms with Crippen LogP contribution in [0.15, 0.2) is 24.3 Å². The zero-order valence-electron chi connectivity index (χ0n) is 12.5. The summed E-state index contributed by atoms with van der Waals surface area (Å²) in [5.74, 6) is 0.0977. The molecule has 2 unspecified atom stereocenters. The normalized spacial score (nSPS) is 13.9. The molecule has 0 fully saturated rings. The Morgan fingerprint density at radius 2 is 1.79 bits per heavy atom. The minimum atomic E-state index is 0.0623. The van der Waals surface area contributed by atoms with E-state index < -0.39 is 0 Å². The van der Waals surface area contributed by atoms with Crippen molar-refractivity contribution in [2.45, 2.75) is 52.6 Å². The summed E-state index contributed by atoms with van der Waals surface area (Å²) >= 11 is 0. The average Bonchev–Trinajstić information content (AvgIpc) is 2.38. The quantitative estimate of drug-likeness (QED) is 0.793. The van der Waals surface area contributed by atoms with Gasteiger partial charge in [-0.2, -0.15) is 0 Å². The molecule has 1 amide bonds. The fraction of sp³-hybridized carbons (Fsp3) is 0.562. The molecule has 2 N–H and O–H groups in total. The lowest BCUT2D eigenvalue weighted by Crippen LogP contribution is -2.34. The van der Waals surface area contributed by atoms with E-state index in [4.69, 9.17) is 0 Å². The number of benzene rings is 1. The highest BCUT2D eigenvalue weighted by atomic mass is 16.1. The van der Waals surface area contributed by atoms with Crippen molar-refractivity contribution >= 4 is 5.91 Å². The van der Waals surface area contributed by atoms with Gasteiger partial charge in [0.05, 0.1) is 6.04 Å². The van der Waals surface area contributed by atoms with Crippen LogP contribution in [-0.4, -0.2) is 18.5 Å². The van der Waals surface area contributed by atoms with E-state index in [-0.39, 0.29) is 18.0 Å². The topological polar surface area (TPSA) is 41.1 Å². The van der Waals surface area contributed by atoms with Gasteiger partial charge in [-0.05, 0) is 37.9 Å². The number of nitrogens with one attached hydrogen (secondary N) is 2. The second-order valence-corrected chi connectivity index (χ2v) is 5.05. The van der Waals surface area contributed by atoms with E-state index in [0.717, 1.165) is 18.5 Å². The third-order valence-corrected chi connectivity index (χ3v) is 3.31. The van der Waals surface area contributed by atoms with Crippen LogP contribution in [-0.2, 0) is 11.2 Å². The Hall–Kier alpha value is -1.35. The van der Waals surface area contributed by atoms with Crippen LogP contribution in [0.25, 0.3) is 0 Å². The molecule has 19 heavy (non-hydrogen) atoms. The van der Waals surface area contributed by atoms with Gasteiger partial charge in [-0.1, -0.05) is 38.1 Å². The number of amides is 1. The number of carbonyl (C=O) groups excluding carboxylic acids is 1. The standard InChI is InChI=1S/C16H26N2O/c1-5-14-7-9-15(10-8-14)13(4)18-16(19)11-12(3)17-6-2/h7-10,12-13,17H,5-6,11H2,1-4H3,(H,18,19). The Balaban J connectivity index is 2.48. The van der Waals surface area contributed by atoms with Crippen LogP contribution in [0, 0.1) is 0 Å². The molecule has 106 valence electrons. The molecule has 1 aromatic carbocycles. The fourth-order valence-electron chi connectivity index (χ4n) is 2.12. The van der Waals surface area contributed by atoms with Crippen molar-refractivity contribution in [3.63, 3.8) is 0 Å². The van der Waals surface area contributed by atoms with Gasteiger partial charge in [0.25, 0.3) is 0 Å². The molecular weight excluding hydrogens is 236 g/mol. The van der Waals surface area contributed by atoms with E-state index >= 15 is 0 Å². The average molecular weight is 262 g/mol. The number of rotatable bonds is 7. The van der Waals surface area contributed by atoms with Crippen molar-refractivity contribution in [3.8, 4) is 0 Å². The lowest BCUT2D eigenvalue weighted by molar-refractivity contribution is -0.122. The van der Waals surface area contributed by atoms with E-state index in [9.17, 15) is 4.79 Å². The van der Waals surface area contributed by atoms with Crippen molar-refractivity contribution in [3.05, 3.63) is 35.4 Å². The summed E-state index contributed by atoms with van der Waals surface area (Å²) in [6, 6.07) is 8.72. The maximum absolute atomic E-state index is 11.9. The smallest absolute Gasteiger partial charge is 0.222 e. The predicted molar refractivity (Wildman–Crippen MR) is 80.1 cm³/mol. The van der Waals surface area contributed by atoms with E-state index in [1.54, 1.807) is 0 Å². The molecule has 0 aliphatic rings. The highest BCUT2D eigenvalue weighted by molar-refractivity contribution is 5.77. The van der Waals surface area contributed by atoms with Crippen molar-refractivity contribution in [2.75, 3.05) is 6.54 Å². The first-order valence-corrected chi connectivity index (χ1v) is 7.18. The molecule has 2 atom stereocenters. The third kappa shape index (κ3) is 5.43. The molecule has 3 heteroatoms. The maximum Gasteiger partial charge on any atom is 0.222 e. The first-order valence-electron chi connectivity index (χ1n) is 7.18. The van der Waals surface area contributed by atoms with Crippen molar-refractivity contribution in [1.29, 1.82) is 0 Å². The second kappa shape index (κ2) is 7.95. The van der Waals surface area contributed by atoms with Crippen LogP contribution in [0.3, 0.4) is 0 Å². The van der Waals surface area contributed by atoms with Gasteiger partial charge in [-0.3, -0.25) is 4.79 Å². The van der Waals surface area contributed by atoms with Gasteiger partial charge in [-0.15, -0.1) is 0 Å². The molecule has 0 spiro atoms. The molecule has 3 nitrogen and oxygen atoms in total. The Kier molecular flexibility index (Phi) is 6.57. The molecule has 0 aliphatic heterocycles. The van der Waals surface area contributed by atoms with Gasteiger partial charge in [0.15, 0.2) is 0 Å². The molecule has 0 bridgehead atoms. The summed E-state index contributed by atoms with van der Waals surface area (Å²) < 4.78 is 0. The molecule has 0 radical (unpaired) electrons. The van der Waals surface area contributed by atoms with Crippen molar-refractivity contribution in [1.82, 2.24) is 10.6 Å². The number of carbonyl (C=O) groups is 1. The highest BCUT2D eigenvalue weighted by Crippen LogP contribution is 2.14. The third-order valence-electron chi connectivity index (χ3n) is 3.31. The molecular formula is C16H26N2O. The van der Waals surface area contributed by atoms with Crippen LogP contribution in [0.4, 0.5) is 0 Å². The van der Waals surface area contributed by atoms with E-state index in [1.165, 1.54) is 5.56 Å². The summed E-state index contributed by atoms with van der Waals surface area (Å²) in [5.41, 5.74) is 2.48. The molecule has 0 heterocycles. The van der Waals surface area contributed by atoms with Gasteiger partial charge in [-0.25, -0.2) is 0 Å². The summed E-state index contributed by atoms with van der Waals surface area (Å²) in [7, 11) is 0. The summed E-state index contributed by atoms with van der Waals surface area (Å²) in [5, 5.41) is 6.29. The molecule has 0 aromatic heterocycles. The largest absolute Gasteiger partial charge is 0.350 e. The predicted octanol–water partition coefficient (Wildman–Crippen LogP) is 2.81. The van der Waals surface area contributed by atoms with Crippen LogP contribution in [0.5, 0.6) is 0 Å². The van der Waals surface area contributed by atoms with Crippen LogP contribution in [0.1, 0.15) is 51.3 Å². The van der Waals surface area contributed by atoms with Crippen molar-refractivity contribution in [2.24, 2.45) is 0 Å². The first kappa shape index (κ1) is 15.7. The monoisotopic (exact) mass is 262 g/mol. The maximum atomic E-state index is 11.9. The van der Waals surface area contributed by atoms with E-state index in [1.807, 2.05) is 20.8 Å². The number of hydrogen-bond donors (Lipinski definition) is 2. The van der Waals surface area contributed by atoms with Crippen LogP contribution in [0.2, 0.25) is 0 Å². The molecule has 0 saturated heterocycles. The minimum Gasteiger partial charge on any atom is -0.350 e. The van der Waals surface area contributed by atoms with Gasteiger partial charge in [0, 0.05) is 12.5 Å². The van der Waals surface area contributed by atoms with Crippen LogP contribution >= 0.6 is 0 Å².